The van der Waals surface area contributed by atoms with E-state index < -0.39 is 48.0 Å². The predicted molar refractivity (Wildman–Crippen MR) is 105 cm³/mol. The number of hydrogen-bond acceptors (Lipinski definition) is 6. The van der Waals surface area contributed by atoms with Crippen LogP contribution in [0.2, 0.25) is 0 Å². The number of ether oxygens (including phenoxy) is 2. The third kappa shape index (κ3) is 5.99. The number of nitrogens with zero attached hydrogens (tertiary/aromatic N) is 4. The zero-order valence-corrected chi connectivity index (χ0v) is 17.6. The molecule has 14 heteroatoms. The summed E-state index contributed by atoms with van der Waals surface area (Å²) < 4.78 is 88.7. The Kier molecular flexibility index (Phi) is 6.90. The summed E-state index contributed by atoms with van der Waals surface area (Å²) in [5.74, 6) is -0.0266. The van der Waals surface area contributed by atoms with Gasteiger partial charge in [0, 0.05) is 11.1 Å². The van der Waals surface area contributed by atoms with Crippen LogP contribution < -0.4 is 4.74 Å². The second kappa shape index (κ2) is 9.53. The summed E-state index contributed by atoms with van der Waals surface area (Å²) >= 11 is 0. The smallest absolute Gasteiger partial charge is 0.489 e. The van der Waals surface area contributed by atoms with E-state index in [1.165, 1.54) is 31.2 Å². The minimum Gasteiger partial charge on any atom is -0.489 e. The lowest BCUT2D eigenvalue weighted by Crippen LogP contribution is -2.15. The Morgan fingerprint density at radius 1 is 1.11 bits per heavy atom. The van der Waals surface area contributed by atoms with E-state index in [0.717, 1.165) is 4.80 Å². The van der Waals surface area contributed by atoms with Gasteiger partial charge in [-0.1, -0.05) is 12.1 Å². The molecule has 0 saturated heterocycles. The fourth-order valence-corrected chi connectivity index (χ4v) is 3.01. The molecule has 1 atom stereocenters. The van der Waals surface area contributed by atoms with Gasteiger partial charge in [0.15, 0.2) is 5.69 Å². The highest BCUT2D eigenvalue weighted by Gasteiger charge is 2.37. The molecule has 3 rings (SSSR count). The van der Waals surface area contributed by atoms with E-state index in [-0.39, 0.29) is 22.7 Å². The van der Waals surface area contributed by atoms with Gasteiger partial charge in [-0.15, -0.1) is 15.0 Å². The van der Waals surface area contributed by atoms with Crippen LogP contribution in [0.5, 0.6) is 5.75 Å². The first kappa shape index (κ1) is 25.3. The van der Waals surface area contributed by atoms with Gasteiger partial charge < -0.3 is 14.6 Å². The van der Waals surface area contributed by atoms with Crippen molar-refractivity contribution in [1.82, 2.24) is 15.0 Å². The second-order valence-corrected chi connectivity index (χ2v) is 7.00. The predicted octanol–water partition coefficient (Wildman–Crippen LogP) is 5.65. The Morgan fingerprint density at radius 3 is 2.43 bits per heavy atom. The molecule has 0 fully saturated rings. The number of nitriles is 1. The molecule has 0 amide bonds. The molecular formula is C21H14F6N4O4. The van der Waals surface area contributed by atoms with Crippen LogP contribution in [0.25, 0.3) is 11.3 Å². The molecule has 1 N–H and O–H groups in total. The molecule has 2 aromatic carbocycles. The normalized spacial score (nSPS) is 12.6. The van der Waals surface area contributed by atoms with E-state index in [9.17, 15) is 36.4 Å². The van der Waals surface area contributed by atoms with Crippen molar-refractivity contribution < 1.29 is 45.7 Å². The largest absolute Gasteiger partial charge is 0.507 e. The van der Waals surface area contributed by atoms with Crippen LogP contribution in [0.15, 0.2) is 42.5 Å². The summed E-state index contributed by atoms with van der Waals surface area (Å²) in [6, 6.07) is 8.35. The molecule has 1 aromatic heterocycles. The van der Waals surface area contributed by atoms with Gasteiger partial charge in [-0.3, -0.25) is 0 Å². The summed E-state index contributed by atoms with van der Waals surface area (Å²) in [7, 11) is 0. The van der Waals surface area contributed by atoms with Gasteiger partial charge in [-0.05, 0) is 37.3 Å². The second-order valence-electron chi connectivity index (χ2n) is 7.00. The molecular weight excluding hydrogens is 486 g/mol. The fraction of sp³-hybridized carbons (Fsp3) is 0.238. The van der Waals surface area contributed by atoms with Gasteiger partial charge in [0.2, 0.25) is 6.23 Å². The molecule has 0 bridgehead atoms. The van der Waals surface area contributed by atoms with Gasteiger partial charge in [-0.2, -0.15) is 31.6 Å². The maximum atomic E-state index is 13.3. The van der Waals surface area contributed by atoms with Crippen molar-refractivity contribution in [3.05, 3.63) is 64.8 Å². The van der Waals surface area contributed by atoms with Gasteiger partial charge in [0.25, 0.3) is 0 Å². The van der Waals surface area contributed by atoms with Gasteiger partial charge in [0.1, 0.15) is 24.1 Å². The molecule has 1 unspecified atom stereocenters. The van der Waals surface area contributed by atoms with Crippen LogP contribution in [0.4, 0.5) is 31.1 Å². The van der Waals surface area contributed by atoms with Crippen molar-refractivity contribution in [1.29, 1.82) is 5.26 Å². The van der Waals surface area contributed by atoms with Crippen molar-refractivity contribution in [2.75, 3.05) is 0 Å². The minimum atomic E-state index is -4.90. The zero-order chi connectivity index (χ0) is 26.0. The van der Waals surface area contributed by atoms with Gasteiger partial charge in [0.05, 0.1) is 11.1 Å². The van der Waals surface area contributed by atoms with Crippen molar-refractivity contribution >= 4 is 6.16 Å². The molecule has 0 saturated carbocycles. The Labute approximate surface area is 192 Å². The molecule has 35 heavy (non-hydrogen) atoms. The summed E-state index contributed by atoms with van der Waals surface area (Å²) in [5, 5.41) is 25.9. The highest BCUT2D eigenvalue weighted by Crippen LogP contribution is 2.37. The van der Waals surface area contributed by atoms with Crippen LogP contribution in [-0.2, 0) is 23.7 Å². The lowest BCUT2D eigenvalue weighted by Gasteiger charge is -2.16. The van der Waals surface area contributed by atoms with Gasteiger partial charge in [-0.25, -0.2) is 4.79 Å². The Hall–Kier alpha value is -4.28. The number of carboxylic acid groups (broad SMARTS) is 1. The number of rotatable bonds is 6. The van der Waals surface area contributed by atoms with E-state index in [1.54, 1.807) is 6.07 Å². The number of halogens is 6. The van der Waals surface area contributed by atoms with Crippen LogP contribution >= 0.6 is 0 Å². The van der Waals surface area contributed by atoms with E-state index in [4.69, 9.17) is 9.84 Å². The molecule has 3 aromatic rings. The average molecular weight is 500 g/mol. The average Bonchev–Trinajstić information content (AvgIpc) is 3.21. The van der Waals surface area contributed by atoms with Crippen molar-refractivity contribution in [2.45, 2.75) is 32.1 Å². The first-order valence-electron chi connectivity index (χ1n) is 9.56. The number of carbonyl (C=O) groups is 1. The summed E-state index contributed by atoms with van der Waals surface area (Å²) in [6.07, 6.45) is -12.5. The Morgan fingerprint density at radius 2 is 1.83 bits per heavy atom. The molecule has 0 aliphatic rings. The zero-order valence-electron chi connectivity index (χ0n) is 17.6. The number of alkyl halides is 6. The third-order valence-electron chi connectivity index (χ3n) is 4.57. The first-order chi connectivity index (χ1) is 16.3. The van der Waals surface area contributed by atoms with Crippen molar-refractivity contribution in [3.8, 4) is 23.1 Å². The summed E-state index contributed by atoms with van der Waals surface area (Å²) in [6.45, 7) is 0.482. The Balaban J connectivity index is 1.90. The molecule has 1 heterocycles. The van der Waals surface area contributed by atoms with E-state index in [1.807, 2.05) is 0 Å². The van der Waals surface area contributed by atoms with E-state index >= 15 is 0 Å². The molecule has 0 spiro atoms. The molecule has 8 nitrogen and oxygen atoms in total. The van der Waals surface area contributed by atoms with Gasteiger partial charge >= 0.3 is 18.5 Å². The van der Waals surface area contributed by atoms with Crippen LogP contribution in [0.1, 0.15) is 35.5 Å². The lowest BCUT2D eigenvalue weighted by molar-refractivity contribution is -0.142. The standard InChI is InChI=1S/C21H14F6N4O4/c1-11(35-19(32)33)31-29-17(9-28)18(30-31)12-3-2-4-15(8-12)34-10-13-7-14(20(22,23)24)5-6-16(13)21(25,26)27/h2-8,11H,10H2,1H3,(H,32,33). The summed E-state index contributed by atoms with van der Waals surface area (Å²) in [5.41, 5.74) is -3.24. The quantitative estimate of drug-likeness (QED) is 0.344. The van der Waals surface area contributed by atoms with E-state index in [0.29, 0.717) is 18.2 Å². The maximum absolute atomic E-state index is 13.3. The number of benzene rings is 2. The topological polar surface area (TPSA) is 110 Å². The molecule has 0 aliphatic carbocycles. The molecule has 0 aliphatic heterocycles. The van der Waals surface area contributed by atoms with Crippen LogP contribution in [0, 0.1) is 11.3 Å². The highest BCUT2D eigenvalue weighted by molar-refractivity contribution is 5.65. The van der Waals surface area contributed by atoms with Crippen molar-refractivity contribution in [2.24, 2.45) is 0 Å². The highest BCUT2D eigenvalue weighted by atomic mass is 19.4. The fourth-order valence-electron chi connectivity index (χ4n) is 3.01. The van der Waals surface area contributed by atoms with Crippen LogP contribution in [0.3, 0.4) is 0 Å². The molecule has 184 valence electrons. The monoisotopic (exact) mass is 500 g/mol. The lowest BCUT2D eigenvalue weighted by atomic mass is 10.0. The maximum Gasteiger partial charge on any atom is 0.507 e. The first-order valence-corrected chi connectivity index (χ1v) is 9.56. The third-order valence-corrected chi connectivity index (χ3v) is 4.57. The minimum absolute atomic E-state index is 0.00571. The Bertz CT molecular complexity index is 1280. The van der Waals surface area contributed by atoms with Crippen molar-refractivity contribution in [3.63, 3.8) is 0 Å². The number of aromatic nitrogens is 3. The summed E-state index contributed by atoms with van der Waals surface area (Å²) in [4.78, 5) is 11.5. The van der Waals surface area contributed by atoms with E-state index in [2.05, 4.69) is 14.9 Å². The number of hydrogen-bond donors (Lipinski definition) is 1. The SMILES string of the molecule is CC(OC(=O)O)n1nc(C#N)c(-c2cccc(OCc3cc(C(F)(F)F)ccc3C(F)(F)F)c2)n1. The molecule has 0 radical (unpaired) electrons. The van der Waals surface area contributed by atoms with Crippen LogP contribution in [-0.4, -0.2) is 26.3 Å².